The third-order valence-electron chi connectivity index (χ3n) is 4.76. The molecule has 3 aromatic rings. The van der Waals surface area contributed by atoms with E-state index in [0.717, 1.165) is 11.1 Å². The monoisotopic (exact) mass is 493 g/mol. The Morgan fingerprint density at radius 1 is 0.971 bits per heavy atom. The first-order valence-corrected chi connectivity index (χ1v) is 11.0. The van der Waals surface area contributed by atoms with Crippen molar-refractivity contribution in [3.8, 4) is 11.8 Å². The molecule has 0 aliphatic carbocycles. The molecule has 3 aromatic carbocycles. The maximum absolute atomic E-state index is 12.6. The molecule has 0 bridgehead atoms. The number of rotatable bonds is 7. The Bertz CT molecular complexity index is 1300. The number of hydrogen-bond donors (Lipinski definition) is 2. The maximum Gasteiger partial charge on any atom is 0.266 e. The van der Waals surface area contributed by atoms with Gasteiger partial charge < -0.3 is 15.4 Å². The molecule has 0 aliphatic heterocycles. The Hall–Kier alpha value is -3.79. The molecule has 3 rings (SSSR count). The van der Waals surface area contributed by atoms with Crippen molar-refractivity contribution in [2.75, 3.05) is 17.2 Å². The van der Waals surface area contributed by atoms with Crippen molar-refractivity contribution in [2.24, 2.45) is 0 Å². The number of carbonyl (C=O) groups is 2. The van der Waals surface area contributed by atoms with E-state index < -0.39 is 11.8 Å². The van der Waals surface area contributed by atoms with Crippen molar-refractivity contribution in [2.45, 2.75) is 13.8 Å². The second-order valence-electron chi connectivity index (χ2n) is 7.47. The van der Waals surface area contributed by atoms with Crippen molar-refractivity contribution in [1.82, 2.24) is 0 Å². The van der Waals surface area contributed by atoms with Crippen LogP contribution in [0.1, 0.15) is 16.7 Å². The van der Waals surface area contributed by atoms with Gasteiger partial charge in [-0.15, -0.1) is 0 Å². The summed E-state index contributed by atoms with van der Waals surface area (Å²) in [6.07, 6.45) is 1.36. The normalized spacial score (nSPS) is 10.9. The summed E-state index contributed by atoms with van der Waals surface area (Å²) in [5, 5.41) is 15.8. The van der Waals surface area contributed by atoms with Gasteiger partial charge in [-0.05, 0) is 68.0 Å². The van der Waals surface area contributed by atoms with E-state index in [1.54, 1.807) is 48.5 Å². The van der Waals surface area contributed by atoms with Gasteiger partial charge in [0.2, 0.25) is 0 Å². The smallest absolute Gasteiger partial charge is 0.266 e. The molecule has 0 unspecified atom stereocenters. The zero-order valence-corrected chi connectivity index (χ0v) is 20.0. The predicted octanol–water partition coefficient (Wildman–Crippen LogP) is 6.17. The molecular weight excluding hydrogens is 473 g/mol. The van der Waals surface area contributed by atoms with Crippen LogP contribution in [0, 0.1) is 25.2 Å². The second kappa shape index (κ2) is 11.4. The molecule has 172 valence electrons. The number of carbonyl (C=O) groups excluding carboxylic acids is 2. The van der Waals surface area contributed by atoms with Crippen LogP contribution in [0.4, 0.5) is 11.4 Å². The number of hydrogen-bond acceptors (Lipinski definition) is 4. The summed E-state index contributed by atoms with van der Waals surface area (Å²) < 4.78 is 5.65. The van der Waals surface area contributed by atoms with Crippen molar-refractivity contribution in [3.63, 3.8) is 0 Å². The lowest BCUT2D eigenvalue weighted by Crippen LogP contribution is -2.20. The molecule has 0 heterocycles. The highest BCUT2D eigenvalue weighted by molar-refractivity contribution is 6.31. The van der Waals surface area contributed by atoms with Gasteiger partial charge in [-0.2, -0.15) is 5.26 Å². The molecule has 0 saturated carbocycles. The minimum absolute atomic E-state index is 0.147. The highest BCUT2D eigenvalue weighted by atomic mass is 35.5. The minimum Gasteiger partial charge on any atom is -0.483 e. The first-order valence-electron chi connectivity index (χ1n) is 10.2. The largest absolute Gasteiger partial charge is 0.483 e. The lowest BCUT2D eigenvalue weighted by molar-refractivity contribution is -0.118. The van der Waals surface area contributed by atoms with Crippen molar-refractivity contribution in [1.29, 1.82) is 5.26 Å². The summed E-state index contributed by atoms with van der Waals surface area (Å²) in [6, 6.07) is 19.0. The van der Waals surface area contributed by atoms with Gasteiger partial charge in [0, 0.05) is 27.0 Å². The Morgan fingerprint density at radius 2 is 1.68 bits per heavy atom. The number of nitriles is 1. The predicted molar refractivity (Wildman–Crippen MR) is 135 cm³/mol. The van der Waals surface area contributed by atoms with Crippen molar-refractivity contribution >= 4 is 52.5 Å². The Balaban J connectivity index is 1.73. The number of amides is 2. The van der Waals surface area contributed by atoms with Crippen LogP contribution in [0.2, 0.25) is 10.0 Å². The van der Waals surface area contributed by atoms with E-state index in [1.807, 2.05) is 32.0 Å². The SMILES string of the molecule is Cc1ccc(NC(=O)/C(C#N)=C\c2cc(Cl)ccc2OCC(=O)Nc2ccc(C)c(Cl)c2)cc1. The molecule has 2 N–H and O–H groups in total. The number of nitrogens with zero attached hydrogens (tertiary/aromatic N) is 1. The van der Waals surface area contributed by atoms with Crippen LogP contribution in [0.15, 0.2) is 66.2 Å². The van der Waals surface area contributed by atoms with E-state index in [2.05, 4.69) is 10.6 Å². The standard InChI is InChI=1S/C26H21Cl2N3O3/c1-16-3-7-21(8-4-16)31-26(33)19(14-29)11-18-12-20(27)6-10-24(18)34-15-25(32)30-22-9-5-17(2)23(28)13-22/h3-13H,15H2,1-2H3,(H,30,32)(H,31,33)/b19-11-. The van der Waals surface area contributed by atoms with Gasteiger partial charge >= 0.3 is 0 Å². The summed E-state index contributed by atoms with van der Waals surface area (Å²) in [7, 11) is 0. The van der Waals surface area contributed by atoms with Crippen LogP contribution in [0.3, 0.4) is 0 Å². The van der Waals surface area contributed by atoms with Crippen LogP contribution >= 0.6 is 23.2 Å². The molecule has 0 aliphatic rings. The zero-order valence-electron chi connectivity index (χ0n) is 18.5. The van der Waals surface area contributed by atoms with E-state index in [9.17, 15) is 14.9 Å². The summed E-state index contributed by atoms with van der Waals surface area (Å²) in [6.45, 7) is 3.50. The molecule has 0 fully saturated rings. The number of benzene rings is 3. The molecule has 0 saturated heterocycles. The highest BCUT2D eigenvalue weighted by Gasteiger charge is 2.13. The summed E-state index contributed by atoms with van der Waals surface area (Å²) >= 11 is 12.2. The quantitative estimate of drug-likeness (QED) is 0.304. The fraction of sp³-hybridized carbons (Fsp3) is 0.115. The van der Waals surface area contributed by atoms with Gasteiger partial charge in [-0.3, -0.25) is 9.59 Å². The van der Waals surface area contributed by atoms with E-state index in [0.29, 0.717) is 27.0 Å². The molecule has 0 radical (unpaired) electrons. The second-order valence-corrected chi connectivity index (χ2v) is 8.32. The van der Waals surface area contributed by atoms with Crippen LogP contribution in [0.5, 0.6) is 5.75 Å². The van der Waals surface area contributed by atoms with Crippen LogP contribution in [-0.2, 0) is 9.59 Å². The molecule has 0 spiro atoms. The molecular formula is C26H21Cl2N3O3. The van der Waals surface area contributed by atoms with E-state index >= 15 is 0 Å². The summed E-state index contributed by atoms with van der Waals surface area (Å²) in [4.78, 5) is 24.9. The lowest BCUT2D eigenvalue weighted by Gasteiger charge is -2.11. The molecule has 0 atom stereocenters. The van der Waals surface area contributed by atoms with E-state index in [1.165, 1.54) is 6.08 Å². The topological polar surface area (TPSA) is 91.2 Å². The molecule has 8 heteroatoms. The summed E-state index contributed by atoms with van der Waals surface area (Å²) in [5.74, 6) is -0.689. The van der Waals surface area contributed by atoms with Gasteiger partial charge in [-0.25, -0.2) is 0 Å². The van der Waals surface area contributed by atoms with Gasteiger partial charge in [0.05, 0.1) is 0 Å². The first kappa shape index (κ1) is 24.8. The molecule has 0 aromatic heterocycles. The van der Waals surface area contributed by atoms with Gasteiger partial charge in [0.1, 0.15) is 17.4 Å². The third kappa shape index (κ3) is 6.85. The molecule has 34 heavy (non-hydrogen) atoms. The zero-order chi connectivity index (χ0) is 24.7. The number of halogens is 2. The van der Waals surface area contributed by atoms with Crippen molar-refractivity contribution < 1.29 is 14.3 Å². The van der Waals surface area contributed by atoms with E-state index in [-0.39, 0.29) is 17.9 Å². The van der Waals surface area contributed by atoms with E-state index in [4.69, 9.17) is 27.9 Å². The third-order valence-corrected chi connectivity index (χ3v) is 5.40. The summed E-state index contributed by atoms with van der Waals surface area (Å²) in [5.41, 5.74) is 3.28. The van der Waals surface area contributed by atoms with Crippen molar-refractivity contribution in [3.05, 3.63) is 93.0 Å². The number of anilines is 2. The Kier molecular flexibility index (Phi) is 8.31. The molecule has 2 amide bonds. The number of ether oxygens (including phenoxy) is 1. The number of aryl methyl sites for hydroxylation is 2. The molecule has 6 nitrogen and oxygen atoms in total. The van der Waals surface area contributed by atoms with Gasteiger partial charge in [-0.1, -0.05) is 47.0 Å². The van der Waals surface area contributed by atoms with Crippen LogP contribution < -0.4 is 15.4 Å². The fourth-order valence-electron chi connectivity index (χ4n) is 2.91. The fourth-order valence-corrected chi connectivity index (χ4v) is 3.28. The first-order chi connectivity index (χ1) is 16.2. The average Bonchev–Trinajstić information content (AvgIpc) is 2.80. The Labute approximate surface area is 207 Å². The highest BCUT2D eigenvalue weighted by Crippen LogP contribution is 2.26. The van der Waals surface area contributed by atoms with Crippen LogP contribution in [0.25, 0.3) is 6.08 Å². The maximum atomic E-state index is 12.6. The van der Waals surface area contributed by atoms with Crippen LogP contribution in [-0.4, -0.2) is 18.4 Å². The van der Waals surface area contributed by atoms with Gasteiger partial charge in [0.15, 0.2) is 6.61 Å². The average molecular weight is 494 g/mol. The lowest BCUT2D eigenvalue weighted by atomic mass is 10.1. The minimum atomic E-state index is -0.578. The number of nitrogens with one attached hydrogen (secondary N) is 2. The van der Waals surface area contributed by atoms with Gasteiger partial charge in [0.25, 0.3) is 11.8 Å². The Morgan fingerprint density at radius 3 is 2.35 bits per heavy atom.